The highest BCUT2D eigenvalue weighted by molar-refractivity contribution is 7.99. The summed E-state index contributed by atoms with van der Waals surface area (Å²) < 4.78 is 14.4. The van der Waals surface area contributed by atoms with Crippen molar-refractivity contribution in [1.29, 1.82) is 0 Å². The minimum Gasteiger partial charge on any atom is -0.312 e. The maximum Gasteiger partial charge on any atom is 0.191 e. The highest BCUT2D eigenvalue weighted by atomic mass is 32.2. The Morgan fingerprint density at radius 2 is 2.12 bits per heavy atom. The second-order valence-electron chi connectivity index (χ2n) is 3.44. The van der Waals surface area contributed by atoms with Crippen LogP contribution in [0, 0.1) is 5.82 Å². The topological polar surface area (TPSA) is 47.8 Å². The van der Waals surface area contributed by atoms with Crippen molar-refractivity contribution in [2.75, 3.05) is 5.75 Å². The standard InChI is InChI=1S/C11H10FN3OS/c1-15-7-13-14-11(15)17-6-10(16)8-2-4-9(12)5-3-8/h2-5,7H,6H2,1H3. The van der Waals surface area contributed by atoms with Crippen LogP contribution in [0.25, 0.3) is 0 Å². The molecule has 6 heteroatoms. The molecule has 0 fully saturated rings. The van der Waals surface area contributed by atoms with Gasteiger partial charge >= 0.3 is 0 Å². The van der Waals surface area contributed by atoms with Gasteiger partial charge in [-0.05, 0) is 24.3 Å². The van der Waals surface area contributed by atoms with Crippen molar-refractivity contribution in [3.05, 3.63) is 42.0 Å². The summed E-state index contributed by atoms with van der Waals surface area (Å²) in [6.07, 6.45) is 1.57. The smallest absolute Gasteiger partial charge is 0.191 e. The summed E-state index contributed by atoms with van der Waals surface area (Å²) in [6, 6.07) is 5.52. The van der Waals surface area contributed by atoms with Gasteiger partial charge in [-0.25, -0.2) is 4.39 Å². The molecule has 1 heterocycles. The Labute approximate surface area is 102 Å². The zero-order valence-electron chi connectivity index (χ0n) is 9.13. The summed E-state index contributed by atoms with van der Waals surface area (Å²) in [5.41, 5.74) is 0.501. The third-order valence-electron chi connectivity index (χ3n) is 2.17. The second-order valence-corrected chi connectivity index (χ2v) is 4.39. The lowest BCUT2D eigenvalue weighted by Crippen LogP contribution is -2.03. The lowest BCUT2D eigenvalue weighted by molar-refractivity contribution is 0.102. The van der Waals surface area contributed by atoms with Crippen LogP contribution >= 0.6 is 11.8 Å². The molecular formula is C11H10FN3OS. The zero-order valence-corrected chi connectivity index (χ0v) is 9.95. The molecule has 88 valence electrons. The van der Waals surface area contributed by atoms with Gasteiger partial charge < -0.3 is 4.57 Å². The first kappa shape index (κ1) is 11.8. The number of benzene rings is 1. The van der Waals surface area contributed by atoms with Gasteiger partial charge in [0.15, 0.2) is 10.9 Å². The van der Waals surface area contributed by atoms with Gasteiger partial charge in [0.05, 0.1) is 5.75 Å². The van der Waals surface area contributed by atoms with Gasteiger partial charge in [-0.1, -0.05) is 11.8 Å². The molecular weight excluding hydrogens is 241 g/mol. The highest BCUT2D eigenvalue weighted by Crippen LogP contribution is 2.15. The lowest BCUT2D eigenvalue weighted by atomic mass is 10.1. The number of hydrogen-bond donors (Lipinski definition) is 0. The summed E-state index contributed by atoms with van der Waals surface area (Å²) >= 11 is 1.31. The molecule has 0 saturated heterocycles. The largest absolute Gasteiger partial charge is 0.312 e. The van der Waals surface area contributed by atoms with E-state index in [1.807, 2.05) is 7.05 Å². The van der Waals surface area contributed by atoms with Gasteiger partial charge in [-0.3, -0.25) is 4.79 Å². The molecule has 0 atom stereocenters. The molecule has 2 aromatic rings. The van der Waals surface area contributed by atoms with E-state index in [-0.39, 0.29) is 17.4 Å². The first-order valence-electron chi connectivity index (χ1n) is 4.92. The Morgan fingerprint density at radius 1 is 1.41 bits per heavy atom. The number of aryl methyl sites for hydroxylation is 1. The quantitative estimate of drug-likeness (QED) is 0.615. The third-order valence-corrected chi connectivity index (χ3v) is 3.20. The molecule has 0 amide bonds. The van der Waals surface area contributed by atoms with Gasteiger partial charge in [0.2, 0.25) is 0 Å². The Balaban J connectivity index is 1.98. The molecule has 0 bridgehead atoms. The van der Waals surface area contributed by atoms with Crippen LogP contribution in [0.1, 0.15) is 10.4 Å². The third kappa shape index (κ3) is 2.91. The molecule has 1 aromatic carbocycles. The van der Waals surface area contributed by atoms with Gasteiger partial charge in [0.1, 0.15) is 12.1 Å². The van der Waals surface area contributed by atoms with E-state index in [0.717, 1.165) is 0 Å². The molecule has 0 radical (unpaired) electrons. The SMILES string of the molecule is Cn1cnnc1SCC(=O)c1ccc(F)cc1. The number of carbonyl (C=O) groups excluding carboxylic acids is 1. The van der Waals surface area contributed by atoms with Crippen LogP contribution in [0.5, 0.6) is 0 Å². The fraction of sp³-hybridized carbons (Fsp3) is 0.182. The monoisotopic (exact) mass is 251 g/mol. The molecule has 0 aliphatic heterocycles. The van der Waals surface area contributed by atoms with Crippen molar-refractivity contribution in [2.24, 2.45) is 7.05 Å². The summed E-state index contributed by atoms with van der Waals surface area (Å²) in [5, 5.41) is 8.26. The number of rotatable bonds is 4. The molecule has 2 rings (SSSR count). The van der Waals surface area contributed by atoms with Crippen LogP contribution in [0.3, 0.4) is 0 Å². The van der Waals surface area contributed by atoms with Crippen molar-refractivity contribution in [3.8, 4) is 0 Å². The average molecular weight is 251 g/mol. The number of Topliss-reactive ketones (excluding diaryl/α,β-unsaturated/α-hetero) is 1. The van der Waals surface area contributed by atoms with Crippen molar-refractivity contribution < 1.29 is 9.18 Å². The van der Waals surface area contributed by atoms with Crippen LogP contribution in [0.2, 0.25) is 0 Å². The highest BCUT2D eigenvalue weighted by Gasteiger charge is 2.09. The molecule has 0 N–H and O–H groups in total. The van der Waals surface area contributed by atoms with Crippen molar-refractivity contribution in [3.63, 3.8) is 0 Å². The molecule has 0 saturated carbocycles. The van der Waals surface area contributed by atoms with E-state index in [0.29, 0.717) is 10.7 Å². The molecule has 17 heavy (non-hydrogen) atoms. The fourth-order valence-electron chi connectivity index (χ4n) is 1.25. The first-order chi connectivity index (χ1) is 8.16. The number of thioether (sulfide) groups is 1. The molecule has 0 aliphatic carbocycles. The van der Waals surface area contributed by atoms with E-state index in [9.17, 15) is 9.18 Å². The summed E-state index contributed by atoms with van der Waals surface area (Å²) in [7, 11) is 1.81. The molecule has 0 unspecified atom stereocenters. The molecule has 0 aliphatic rings. The number of ketones is 1. The Morgan fingerprint density at radius 3 is 2.71 bits per heavy atom. The van der Waals surface area contributed by atoms with Crippen molar-refractivity contribution in [2.45, 2.75) is 5.16 Å². The normalized spacial score (nSPS) is 10.5. The van der Waals surface area contributed by atoms with E-state index in [1.54, 1.807) is 10.9 Å². The van der Waals surface area contributed by atoms with E-state index in [4.69, 9.17) is 0 Å². The maximum absolute atomic E-state index is 12.7. The van der Waals surface area contributed by atoms with E-state index < -0.39 is 0 Å². The predicted molar refractivity (Wildman–Crippen MR) is 62.5 cm³/mol. The Kier molecular flexibility index (Phi) is 3.53. The van der Waals surface area contributed by atoms with Crippen LogP contribution in [0.15, 0.2) is 35.7 Å². The fourth-order valence-corrected chi connectivity index (χ4v) is 2.04. The molecule has 1 aromatic heterocycles. The summed E-state index contributed by atoms with van der Waals surface area (Å²) in [5.74, 6) is -0.140. The van der Waals surface area contributed by atoms with Crippen molar-refractivity contribution in [1.82, 2.24) is 14.8 Å². The minimum atomic E-state index is -0.345. The summed E-state index contributed by atoms with van der Waals surface area (Å²) in [6.45, 7) is 0. The van der Waals surface area contributed by atoms with Crippen molar-refractivity contribution >= 4 is 17.5 Å². The lowest BCUT2D eigenvalue weighted by Gasteiger charge is -2.00. The van der Waals surface area contributed by atoms with Crippen LogP contribution in [-0.2, 0) is 7.05 Å². The predicted octanol–water partition coefficient (Wildman–Crippen LogP) is 1.93. The van der Waals surface area contributed by atoms with Gasteiger partial charge in [0, 0.05) is 12.6 Å². The van der Waals surface area contributed by atoms with Crippen LogP contribution < -0.4 is 0 Å². The minimum absolute atomic E-state index is 0.0574. The number of aromatic nitrogens is 3. The van der Waals surface area contributed by atoms with Crippen LogP contribution in [-0.4, -0.2) is 26.3 Å². The molecule has 0 spiro atoms. The van der Waals surface area contributed by atoms with Gasteiger partial charge in [-0.2, -0.15) is 0 Å². The van der Waals surface area contributed by atoms with E-state index in [1.165, 1.54) is 36.0 Å². The number of hydrogen-bond acceptors (Lipinski definition) is 4. The number of halogens is 1. The van der Waals surface area contributed by atoms with Crippen LogP contribution in [0.4, 0.5) is 4.39 Å². The second kappa shape index (κ2) is 5.09. The van der Waals surface area contributed by atoms with E-state index in [2.05, 4.69) is 10.2 Å². The average Bonchev–Trinajstić information content (AvgIpc) is 2.73. The van der Waals surface area contributed by atoms with Gasteiger partial charge in [0.25, 0.3) is 0 Å². The first-order valence-corrected chi connectivity index (χ1v) is 5.91. The number of nitrogens with zero attached hydrogens (tertiary/aromatic N) is 3. The number of carbonyl (C=O) groups is 1. The Hall–Kier alpha value is -1.69. The summed E-state index contributed by atoms with van der Waals surface area (Å²) in [4.78, 5) is 11.8. The Bertz CT molecular complexity index is 524. The maximum atomic E-state index is 12.7. The molecule has 4 nitrogen and oxygen atoms in total. The van der Waals surface area contributed by atoms with Gasteiger partial charge in [-0.15, -0.1) is 10.2 Å². The van der Waals surface area contributed by atoms with E-state index >= 15 is 0 Å². The zero-order chi connectivity index (χ0) is 12.3.